The van der Waals surface area contributed by atoms with E-state index in [4.69, 9.17) is 0 Å². The van der Waals surface area contributed by atoms with Crippen molar-refractivity contribution in [3.63, 3.8) is 0 Å². The summed E-state index contributed by atoms with van der Waals surface area (Å²) in [7, 11) is -1.95. The number of carbonyl (C=O) groups is 1. The van der Waals surface area contributed by atoms with E-state index in [0.29, 0.717) is 24.5 Å². The second kappa shape index (κ2) is 8.89. The highest BCUT2D eigenvalue weighted by molar-refractivity contribution is 7.89. The van der Waals surface area contributed by atoms with Gasteiger partial charge in [0.2, 0.25) is 15.5 Å². The van der Waals surface area contributed by atoms with Gasteiger partial charge in [0.1, 0.15) is 5.56 Å². The van der Waals surface area contributed by atoms with Gasteiger partial charge in [-0.2, -0.15) is 4.31 Å². The Morgan fingerprint density at radius 3 is 2.50 bits per heavy atom. The van der Waals surface area contributed by atoms with Crippen LogP contribution in [-0.2, 0) is 17.1 Å². The van der Waals surface area contributed by atoms with Crippen LogP contribution in [0.2, 0.25) is 0 Å². The maximum absolute atomic E-state index is 13.2. The van der Waals surface area contributed by atoms with Crippen molar-refractivity contribution >= 4 is 26.8 Å². The normalized spacial score (nSPS) is 19.9. The van der Waals surface area contributed by atoms with Crippen LogP contribution in [0.3, 0.4) is 0 Å². The van der Waals surface area contributed by atoms with Crippen LogP contribution in [0.15, 0.2) is 34.1 Å². The molecular weight excluding hydrogens is 402 g/mol. The Hall–Kier alpha value is -2.19. The Labute approximate surface area is 178 Å². The molecule has 0 saturated heterocycles. The zero-order chi connectivity index (χ0) is 22.1. The molecule has 1 amide bonds. The van der Waals surface area contributed by atoms with Crippen LogP contribution in [-0.4, -0.2) is 42.3 Å². The molecule has 8 heteroatoms. The molecule has 1 aromatic carbocycles. The highest BCUT2D eigenvalue weighted by Gasteiger charge is 2.26. The molecule has 0 bridgehead atoms. The molecule has 1 saturated carbocycles. The van der Waals surface area contributed by atoms with Gasteiger partial charge in [0.15, 0.2) is 0 Å². The predicted octanol–water partition coefficient (Wildman–Crippen LogP) is 2.88. The topological polar surface area (TPSA) is 88.5 Å². The molecule has 2 aromatic rings. The van der Waals surface area contributed by atoms with Gasteiger partial charge in [-0.05, 0) is 37.0 Å². The van der Waals surface area contributed by atoms with Gasteiger partial charge in [-0.15, -0.1) is 0 Å². The number of nitrogens with zero attached hydrogens (tertiary/aromatic N) is 2. The SMILES string of the molecule is CCN(CC)S(=O)(=O)c1ccc2c(c1)c(=O)c(C(=O)NC1CCCCC1C)cn2C. The molecule has 1 aliphatic rings. The van der Waals surface area contributed by atoms with Gasteiger partial charge in [-0.25, -0.2) is 8.42 Å². The first kappa shape index (κ1) is 22.5. The summed E-state index contributed by atoms with van der Waals surface area (Å²) in [6, 6.07) is 4.59. The molecule has 2 atom stereocenters. The van der Waals surface area contributed by atoms with Crippen molar-refractivity contribution in [1.82, 2.24) is 14.2 Å². The lowest BCUT2D eigenvalue weighted by molar-refractivity contribution is 0.0908. The number of hydrogen-bond acceptors (Lipinski definition) is 4. The molecule has 7 nitrogen and oxygen atoms in total. The summed E-state index contributed by atoms with van der Waals surface area (Å²) in [5, 5.41) is 3.25. The molecule has 164 valence electrons. The Morgan fingerprint density at radius 1 is 1.20 bits per heavy atom. The first-order valence-electron chi connectivity index (χ1n) is 10.6. The smallest absolute Gasteiger partial charge is 0.256 e. The summed E-state index contributed by atoms with van der Waals surface area (Å²) in [6.45, 7) is 6.35. The van der Waals surface area contributed by atoms with Crippen LogP contribution >= 0.6 is 0 Å². The van der Waals surface area contributed by atoms with E-state index in [0.717, 1.165) is 25.7 Å². The van der Waals surface area contributed by atoms with Crippen molar-refractivity contribution < 1.29 is 13.2 Å². The van der Waals surface area contributed by atoms with E-state index in [1.54, 1.807) is 31.5 Å². The monoisotopic (exact) mass is 433 g/mol. The first-order chi connectivity index (χ1) is 14.2. The van der Waals surface area contributed by atoms with E-state index in [1.807, 2.05) is 0 Å². The number of hydrogen-bond donors (Lipinski definition) is 1. The zero-order valence-electron chi connectivity index (χ0n) is 18.1. The number of aryl methyl sites for hydroxylation is 1. The molecule has 0 radical (unpaired) electrons. The van der Waals surface area contributed by atoms with E-state index < -0.39 is 21.4 Å². The fraction of sp³-hybridized carbons (Fsp3) is 0.545. The van der Waals surface area contributed by atoms with Crippen molar-refractivity contribution in [1.29, 1.82) is 0 Å². The van der Waals surface area contributed by atoms with E-state index in [2.05, 4.69) is 12.2 Å². The molecule has 2 unspecified atom stereocenters. The van der Waals surface area contributed by atoms with Crippen molar-refractivity contribution in [3.05, 3.63) is 40.2 Å². The molecule has 0 aliphatic heterocycles. The van der Waals surface area contributed by atoms with Gasteiger partial charge in [0.25, 0.3) is 5.91 Å². The lowest BCUT2D eigenvalue weighted by Crippen LogP contribution is -2.42. The standard InChI is InChI=1S/C22H31N3O4S/c1-5-25(6-2)30(28,29)16-11-12-20-17(13-16)21(26)18(14-24(20)4)22(27)23-19-10-8-7-9-15(19)3/h11-15,19H,5-10H2,1-4H3,(H,23,27). The third-order valence-corrected chi connectivity index (χ3v) is 8.22. The number of rotatable bonds is 6. The lowest BCUT2D eigenvalue weighted by Gasteiger charge is -2.29. The first-order valence-corrected chi connectivity index (χ1v) is 12.1. The Bertz CT molecular complexity index is 1100. The highest BCUT2D eigenvalue weighted by Crippen LogP contribution is 2.24. The summed E-state index contributed by atoms with van der Waals surface area (Å²) in [5.41, 5.74) is 0.182. The van der Waals surface area contributed by atoms with Gasteiger partial charge >= 0.3 is 0 Å². The molecule has 1 heterocycles. The maximum atomic E-state index is 13.2. The summed E-state index contributed by atoms with van der Waals surface area (Å²) in [5.74, 6) is -0.0222. The fourth-order valence-electron chi connectivity index (χ4n) is 4.28. The van der Waals surface area contributed by atoms with Crippen LogP contribution < -0.4 is 10.7 Å². The average Bonchev–Trinajstić information content (AvgIpc) is 2.72. The van der Waals surface area contributed by atoms with Crippen LogP contribution in [0.5, 0.6) is 0 Å². The van der Waals surface area contributed by atoms with E-state index in [-0.39, 0.29) is 21.9 Å². The molecule has 1 N–H and O–H groups in total. The number of carbonyl (C=O) groups excluding carboxylic acids is 1. The number of amides is 1. The summed E-state index contributed by atoms with van der Waals surface area (Å²) in [4.78, 5) is 26.1. The molecule has 3 rings (SSSR count). The fourth-order valence-corrected chi connectivity index (χ4v) is 5.77. The highest BCUT2D eigenvalue weighted by atomic mass is 32.2. The Kier molecular flexibility index (Phi) is 6.67. The van der Waals surface area contributed by atoms with Gasteiger partial charge in [-0.1, -0.05) is 33.6 Å². The van der Waals surface area contributed by atoms with Crippen molar-refractivity contribution in [2.45, 2.75) is 57.4 Å². The average molecular weight is 434 g/mol. The van der Waals surface area contributed by atoms with Crippen LogP contribution in [0.1, 0.15) is 56.8 Å². The number of fused-ring (bicyclic) bond motifs is 1. The second-order valence-electron chi connectivity index (χ2n) is 8.09. The minimum absolute atomic E-state index is 0.0418. The van der Waals surface area contributed by atoms with Gasteiger partial charge in [0, 0.05) is 37.8 Å². The second-order valence-corrected chi connectivity index (χ2v) is 10.0. The molecule has 30 heavy (non-hydrogen) atoms. The van der Waals surface area contributed by atoms with Crippen molar-refractivity contribution in [3.8, 4) is 0 Å². The zero-order valence-corrected chi connectivity index (χ0v) is 19.0. The lowest BCUT2D eigenvalue weighted by atomic mass is 9.86. The van der Waals surface area contributed by atoms with Crippen LogP contribution in [0, 0.1) is 5.92 Å². The number of sulfonamides is 1. The largest absolute Gasteiger partial charge is 0.350 e. The van der Waals surface area contributed by atoms with E-state index >= 15 is 0 Å². The van der Waals surface area contributed by atoms with E-state index in [1.165, 1.54) is 22.6 Å². The van der Waals surface area contributed by atoms with Crippen LogP contribution in [0.25, 0.3) is 10.9 Å². The van der Waals surface area contributed by atoms with Gasteiger partial charge < -0.3 is 9.88 Å². The third-order valence-electron chi connectivity index (χ3n) is 6.18. The molecule has 1 aromatic heterocycles. The Morgan fingerprint density at radius 2 is 1.87 bits per heavy atom. The summed E-state index contributed by atoms with van der Waals surface area (Å²) in [6.07, 6.45) is 5.74. The summed E-state index contributed by atoms with van der Waals surface area (Å²) >= 11 is 0. The van der Waals surface area contributed by atoms with Gasteiger partial charge in [0.05, 0.1) is 10.4 Å². The van der Waals surface area contributed by atoms with Crippen molar-refractivity contribution in [2.24, 2.45) is 13.0 Å². The molecule has 1 aliphatic carbocycles. The molecular formula is C22H31N3O4S. The minimum atomic E-state index is -3.70. The quantitative estimate of drug-likeness (QED) is 0.759. The minimum Gasteiger partial charge on any atom is -0.350 e. The van der Waals surface area contributed by atoms with Gasteiger partial charge in [-0.3, -0.25) is 9.59 Å². The summed E-state index contributed by atoms with van der Waals surface area (Å²) < 4.78 is 28.8. The number of benzene rings is 1. The molecule has 0 spiro atoms. The van der Waals surface area contributed by atoms with Crippen molar-refractivity contribution in [2.75, 3.05) is 13.1 Å². The number of pyridine rings is 1. The van der Waals surface area contributed by atoms with E-state index in [9.17, 15) is 18.0 Å². The Balaban J connectivity index is 2.04. The maximum Gasteiger partial charge on any atom is 0.256 e. The molecule has 1 fully saturated rings. The number of nitrogens with one attached hydrogen (secondary N) is 1. The number of aromatic nitrogens is 1. The third kappa shape index (κ3) is 4.16. The van der Waals surface area contributed by atoms with Crippen LogP contribution in [0.4, 0.5) is 0 Å². The predicted molar refractivity (Wildman–Crippen MR) is 118 cm³/mol.